The lowest BCUT2D eigenvalue weighted by Crippen LogP contribution is -1.59. The number of nitrogens with one attached hydrogen (secondary N) is 1. The van der Waals surface area contributed by atoms with Gasteiger partial charge in [-0.2, -0.15) is 0 Å². The van der Waals surface area contributed by atoms with Gasteiger partial charge in [0.15, 0.2) is 4.73 Å². The van der Waals surface area contributed by atoms with Gasteiger partial charge in [0.25, 0.3) is 0 Å². The maximum atomic E-state index is 5.41. The topological polar surface area (TPSA) is 28.7 Å². The first-order chi connectivity index (χ1) is 3.29. The fourth-order valence-electron chi connectivity index (χ4n) is 0.276. The maximum Gasteiger partial charge on any atom is 0.175 e. The van der Waals surface area contributed by atoms with Crippen LogP contribution in [0.4, 0.5) is 0 Å². The van der Waals surface area contributed by atoms with Crippen molar-refractivity contribution in [3.8, 4) is 0 Å². The Morgan fingerprint density at radius 1 is 1.86 bits per heavy atom. The van der Waals surface area contributed by atoms with Crippen molar-refractivity contribution in [3.63, 3.8) is 0 Å². The summed E-state index contributed by atoms with van der Waals surface area (Å²) < 4.78 is 0.664. The van der Waals surface area contributed by atoms with Gasteiger partial charge in [-0.05, 0) is 15.9 Å². The average molecular weight is 181 g/mol. The van der Waals surface area contributed by atoms with Crippen LogP contribution in [0.1, 0.15) is 0 Å². The Morgan fingerprint density at radius 3 is 2.71 bits per heavy atom. The average Bonchev–Trinajstić information content (AvgIpc) is 1.87. The molecule has 38 valence electrons. The van der Waals surface area contributed by atoms with Crippen molar-refractivity contribution < 1.29 is 0 Å². The first-order valence-electron chi connectivity index (χ1n) is 1.65. The Kier molecular flexibility index (Phi) is 1.35. The number of H-pyrrole nitrogens is 1. The van der Waals surface area contributed by atoms with E-state index in [4.69, 9.17) is 11.6 Å². The van der Waals surface area contributed by atoms with E-state index < -0.39 is 0 Å². The molecule has 0 aliphatic rings. The van der Waals surface area contributed by atoms with Crippen LogP contribution in [0.5, 0.6) is 0 Å². The van der Waals surface area contributed by atoms with Crippen LogP contribution in [0.2, 0.25) is 5.15 Å². The minimum absolute atomic E-state index is 0.548. The molecule has 7 heavy (non-hydrogen) atoms. The molecule has 4 heteroatoms. The van der Waals surface area contributed by atoms with E-state index in [1.807, 2.05) is 0 Å². The predicted molar refractivity (Wildman–Crippen MR) is 31.3 cm³/mol. The number of nitrogens with zero attached hydrogens (tertiary/aromatic N) is 1. The van der Waals surface area contributed by atoms with Gasteiger partial charge >= 0.3 is 0 Å². The molecule has 0 bridgehead atoms. The summed E-state index contributed by atoms with van der Waals surface area (Å²) in [6.45, 7) is 0. The van der Waals surface area contributed by atoms with Gasteiger partial charge in [-0.15, -0.1) is 0 Å². The fourth-order valence-corrected chi connectivity index (χ4v) is 0.845. The highest BCUT2D eigenvalue weighted by molar-refractivity contribution is 9.10. The highest BCUT2D eigenvalue weighted by atomic mass is 79.9. The second-order valence-corrected chi connectivity index (χ2v) is 2.18. The number of hydrogen-bond donors (Lipinski definition) is 1. The quantitative estimate of drug-likeness (QED) is 0.650. The van der Waals surface area contributed by atoms with Crippen molar-refractivity contribution in [1.29, 1.82) is 0 Å². The minimum Gasteiger partial charge on any atom is -0.324 e. The van der Waals surface area contributed by atoms with Gasteiger partial charge in [0.1, 0.15) is 5.15 Å². The van der Waals surface area contributed by atoms with Gasteiger partial charge in [0.2, 0.25) is 0 Å². The van der Waals surface area contributed by atoms with Crippen LogP contribution in [-0.4, -0.2) is 9.97 Å². The standard InChI is InChI=1S/C3H2BrClN2/c4-3-6-1-2(5)7-3/h1H,(H,6,7). The zero-order chi connectivity index (χ0) is 5.28. The molecule has 0 saturated heterocycles. The molecule has 1 aromatic rings. The summed E-state index contributed by atoms with van der Waals surface area (Å²) in [6, 6.07) is 0. The van der Waals surface area contributed by atoms with Crippen molar-refractivity contribution in [2.24, 2.45) is 0 Å². The SMILES string of the molecule is Clc1cnc(Br)[nH]1. The fraction of sp³-hybridized carbons (Fsp3) is 0. The Hall–Kier alpha value is -0.0200. The summed E-state index contributed by atoms with van der Waals surface area (Å²) in [5, 5.41) is 0.548. The van der Waals surface area contributed by atoms with E-state index in [1.54, 1.807) is 0 Å². The molecular formula is C3H2BrClN2. The molecule has 1 aromatic heterocycles. The van der Waals surface area contributed by atoms with Crippen LogP contribution in [-0.2, 0) is 0 Å². The van der Waals surface area contributed by atoms with E-state index in [1.165, 1.54) is 6.20 Å². The van der Waals surface area contributed by atoms with Gasteiger partial charge in [0, 0.05) is 0 Å². The summed E-state index contributed by atoms with van der Waals surface area (Å²) in [5.74, 6) is 0. The van der Waals surface area contributed by atoms with Gasteiger partial charge in [0.05, 0.1) is 6.20 Å². The molecule has 0 aliphatic heterocycles. The molecule has 0 fully saturated rings. The van der Waals surface area contributed by atoms with Crippen LogP contribution in [0.15, 0.2) is 10.9 Å². The van der Waals surface area contributed by atoms with Crippen LogP contribution >= 0.6 is 27.5 Å². The highest BCUT2D eigenvalue weighted by Gasteiger charge is 1.88. The molecule has 0 radical (unpaired) electrons. The summed E-state index contributed by atoms with van der Waals surface area (Å²) >= 11 is 8.49. The third kappa shape index (κ3) is 1.17. The molecule has 0 amide bonds. The molecule has 0 aliphatic carbocycles. The molecule has 0 atom stereocenters. The maximum absolute atomic E-state index is 5.41. The van der Waals surface area contributed by atoms with Crippen LogP contribution in [0.25, 0.3) is 0 Å². The van der Waals surface area contributed by atoms with Gasteiger partial charge in [-0.1, -0.05) is 11.6 Å². The Balaban J connectivity index is 3.04. The summed E-state index contributed by atoms with van der Waals surface area (Å²) in [7, 11) is 0. The predicted octanol–water partition coefficient (Wildman–Crippen LogP) is 1.83. The van der Waals surface area contributed by atoms with E-state index in [-0.39, 0.29) is 0 Å². The Labute approximate surface area is 54.0 Å². The lowest BCUT2D eigenvalue weighted by atomic mass is 11.0. The first kappa shape index (κ1) is 5.12. The van der Waals surface area contributed by atoms with E-state index >= 15 is 0 Å². The molecule has 1 N–H and O–H groups in total. The number of hydrogen-bond acceptors (Lipinski definition) is 1. The lowest BCUT2D eigenvalue weighted by molar-refractivity contribution is 1.24. The largest absolute Gasteiger partial charge is 0.324 e. The minimum atomic E-state index is 0.548. The van der Waals surface area contributed by atoms with Crippen molar-refractivity contribution in [1.82, 2.24) is 9.97 Å². The number of aromatic nitrogens is 2. The monoisotopic (exact) mass is 180 g/mol. The van der Waals surface area contributed by atoms with Crippen molar-refractivity contribution >= 4 is 27.5 Å². The molecular weight excluding hydrogens is 179 g/mol. The lowest BCUT2D eigenvalue weighted by Gasteiger charge is -1.70. The van der Waals surface area contributed by atoms with E-state index in [0.29, 0.717) is 9.89 Å². The molecule has 0 unspecified atom stereocenters. The Morgan fingerprint density at radius 2 is 2.57 bits per heavy atom. The second kappa shape index (κ2) is 1.84. The van der Waals surface area contributed by atoms with Crippen LogP contribution in [0.3, 0.4) is 0 Å². The smallest absolute Gasteiger partial charge is 0.175 e. The van der Waals surface area contributed by atoms with Crippen LogP contribution < -0.4 is 0 Å². The summed E-state index contributed by atoms with van der Waals surface area (Å²) in [5.41, 5.74) is 0. The zero-order valence-corrected chi connectivity index (χ0v) is 5.62. The molecule has 1 rings (SSSR count). The normalized spacial score (nSPS) is 9.43. The third-order valence-electron chi connectivity index (χ3n) is 0.514. The van der Waals surface area contributed by atoms with E-state index in [0.717, 1.165) is 0 Å². The number of aromatic amines is 1. The van der Waals surface area contributed by atoms with Gasteiger partial charge < -0.3 is 4.98 Å². The summed E-state index contributed by atoms with van der Waals surface area (Å²) in [4.78, 5) is 6.46. The van der Waals surface area contributed by atoms with Crippen LogP contribution in [0, 0.1) is 0 Å². The molecule has 0 aromatic carbocycles. The molecule has 2 nitrogen and oxygen atoms in total. The molecule has 0 spiro atoms. The zero-order valence-electron chi connectivity index (χ0n) is 3.28. The van der Waals surface area contributed by atoms with E-state index in [2.05, 4.69) is 25.9 Å². The highest BCUT2D eigenvalue weighted by Crippen LogP contribution is 2.07. The van der Waals surface area contributed by atoms with E-state index in [9.17, 15) is 0 Å². The summed E-state index contributed by atoms with van der Waals surface area (Å²) in [6.07, 6.45) is 1.53. The van der Waals surface area contributed by atoms with Crippen molar-refractivity contribution in [2.75, 3.05) is 0 Å². The number of imidazole rings is 1. The number of halogens is 2. The van der Waals surface area contributed by atoms with Crippen molar-refractivity contribution in [2.45, 2.75) is 0 Å². The Bertz CT molecular complexity index is 145. The number of rotatable bonds is 0. The first-order valence-corrected chi connectivity index (χ1v) is 2.82. The second-order valence-electron chi connectivity index (χ2n) is 1.02. The molecule has 1 heterocycles. The molecule has 0 saturated carbocycles. The van der Waals surface area contributed by atoms with Gasteiger partial charge in [-0.3, -0.25) is 0 Å². The van der Waals surface area contributed by atoms with Crippen molar-refractivity contribution in [3.05, 3.63) is 16.1 Å². The van der Waals surface area contributed by atoms with Gasteiger partial charge in [-0.25, -0.2) is 4.98 Å². The third-order valence-corrected chi connectivity index (χ3v) is 1.11.